The Kier molecular flexibility index (Phi) is 8.97. The number of nitrogens with zero attached hydrogens (tertiary/aromatic N) is 2. The first kappa shape index (κ1) is 29.1. The molecule has 4 rings (SSSR count). The Morgan fingerprint density at radius 2 is 1.82 bits per heavy atom. The van der Waals surface area contributed by atoms with Gasteiger partial charge in [0.15, 0.2) is 0 Å². The molecule has 10 atom stereocenters. The van der Waals surface area contributed by atoms with Gasteiger partial charge in [-0.05, 0) is 94.3 Å². The van der Waals surface area contributed by atoms with E-state index in [2.05, 4.69) is 12.2 Å². The third kappa shape index (κ3) is 6.64. The lowest BCUT2D eigenvalue weighted by Gasteiger charge is -2.43. The number of halogens is 5. The average molecular weight is 547 g/mol. The molecule has 3 aliphatic rings. The van der Waals surface area contributed by atoms with E-state index in [9.17, 15) is 26.7 Å². The van der Waals surface area contributed by atoms with Crippen molar-refractivity contribution in [2.75, 3.05) is 0 Å². The molecule has 3 fully saturated rings. The molecule has 0 saturated heterocycles. The molecule has 1 aromatic heterocycles. The van der Waals surface area contributed by atoms with Gasteiger partial charge in [0.1, 0.15) is 12.3 Å². The second-order valence-electron chi connectivity index (χ2n) is 12.5. The Balaban J connectivity index is 1.45. The molecule has 0 aromatic carbocycles. The van der Waals surface area contributed by atoms with Crippen molar-refractivity contribution >= 4 is 5.91 Å². The first-order valence-corrected chi connectivity index (χ1v) is 14.2. The molecule has 216 valence electrons. The van der Waals surface area contributed by atoms with Crippen LogP contribution in [0.2, 0.25) is 0 Å². The summed E-state index contributed by atoms with van der Waals surface area (Å²) in [7, 11) is 1.82. The molecule has 0 radical (unpaired) electrons. The van der Waals surface area contributed by atoms with Crippen molar-refractivity contribution in [1.82, 2.24) is 14.5 Å². The fraction of sp³-hybridized carbons (Fsp3) is 0.857. The summed E-state index contributed by atoms with van der Waals surface area (Å²) in [6.07, 6.45) is 0.508. The van der Waals surface area contributed by atoms with Gasteiger partial charge >= 0.3 is 6.18 Å². The number of carbonyl (C=O) groups excluding carboxylic acids is 1. The summed E-state index contributed by atoms with van der Waals surface area (Å²) in [4.78, 5) is 13.5. The molecule has 3 aliphatic carbocycles. The minimum atomic E-state index is -4.58. The largest absolute Gasteiger partial charge is 0.394 e. The summed E-state index contributed by atoms with van der Waals surface area (Å²) < 4.78 is 71.7. The molecule has 9 unspecified atom stereocenters. The molecule has 10 heteroatoms. The zero-order valence-corrected chi connectivity index (χ0v) is 22.7. The summed E-state index contributed by atoms with van der Waals surface area (Å²) in [5, 5.41) is 11.3. The van der Waals surface area contributed by atoms with Gasteiger partial charge in [0, 0.05) is 37.9 Å². The van der Waals surface area contributed by atoms with Crippen molar-refractivity contribution in [2.45, 2.75) is 103 Å². The van der Waals surface area contributed by atoms with Gasteiger partial charge in [-0.2, -0.15) is 13.2 Å². The number of rotatable bonds is 6. The van der Waals surface area contributed by atoms with Crippen LogP contribution >= 0.6 is 0 Å². The van der Waals surface area contributed by atoms with E-state index in [1.807, 2.05) is 24.0 Å². The van der Waals surface area contributed by atoms with E-state index in [1.165, 1.54) is 0 Å². The van der Waals surface area contributed by atoms with Gasteiger partial charge in [-0.1, -0.05) is 6.92 Å². The minimum Gasteiger partial charge on any atom is -0.353 e. The smallest absolute Gasteiger partial charge is 0.353 e. The van der Waals surface area contributed by atoms with E-state index in [0.717, 1.165) is 12.8 Å². The number of aromatic nitrogens is 2. The van der Waals surface area contributed by atoms with Crippen LogP contribution in [0.5, 0.6) is 0 Å². The van der Waals surface area contributed by atoms with Crippen LogP contribution in [0.4, 0.5) is 22.0 Å². The molecule has 2 N–H and O–H groups in total. The van der Waals surface area contributed by atoms with Crippen molar-refractivity contribution < 1.29 is 26.7 Å². The summed E-state index contributed by atoms with van der Waals surface area (Å²) in [5.74, 6) is -1.82. The van der Waals surface area contributed by atoms with Crippen LogP contribution in [-0.2, 0) is 18.4 Å². The Bertz CT molecular complexity index is 1010. The van der Waals surface area contributed by atoms with Gasteiger partial charge < -0.3 is 14.5 Å². The quantitative estimate of drug-likeness (QED) is 0.427. The molecule has 5 nitrogen and oxygen atoms in total. The number of hydrogen-bond acceptors (Lipinski definition) is 2. The van der Waals surface area contributed by atoms with Crippen molar-refractivity contribution in [2.24, 2.45) is 48.5 Å². The van der Waals surface area contributed by atoms with E-state index in [4.69, 9.17) is 5.41 Å². The Hall–Kier alpha value is -1.87. The fourth-order valence-corrected chi connectivity index (χ4v) is 7.62. The first-order chi connectivity index (χ1) is 17.8. The summed E-state index contributed by atoms with van der Waals surface area (Å²) in [6, 6.07) is -0.470. The SMILES string of the molecule is CC1CC(F)CCC1C1CC(Cn2ccn(C)c2=N)CC(C(=O)N[C@H](C)C2CCC(F)C(C(F)(F)F)C2)C1. The van der Waals surface area contributed by atoms with Crippen molar-refractivity contribution in [1.29, 1.82) is 5.41 Å². The maximum absolute atomic E-state index is 14.1. The number of alkyl halides is 5. The van der Waals surface area contributed by atoms with Crippen LogP contribution in [0.3, 0.4) is 0 Å². The first-order valence-electron chi connectivity index (χ1n) is 14.2. The molecule has 0 aliphatic heterocycles. The molecular formula is C28H43F5N4O. The highest BCUT2D eigenvalue weighted by Gasteiger charge is 2.49. The summed E-state index contributed by atoms with van der Waals surface area (Å²) in [5.41, 5.74) is 0.385. The van der Waals surface area contributed by atoms with Gasteiger partial charge in [-0.25, -0.2) is 8.78 Å². The fourth-order valence-electron chi connectivity index (χ4n) is 7.62. The molecular weight excluding hydrogens is 503 g/mol. The Morgan fingerprint density at radius 3 is 2.45 bits per heavy atom. The molecule has 1 heterocycles. The Morgan fingerprint density at radius 1 is 1.08 bits per heavy atom. The molecule has 0 spiro atoms. The van der Waals surface area contributed by atoms with E-state index in [1.54, 1.807) is 11.5 Å². The molecule has 0 bridgehead atoms. The highest BCUT2D eigenvalue weighted by molar-refractivity contribution is 5.79. The third-order valence-electron chi connectivity index (χ3n) is 9.82. The van der Waals surface area contributed by atoms with Crippen LogP contribution < -0.4 is 10.9 Å². The highest BCUT2D eigenvalue weighted by Crippen LogP contribution is 2.46. The maximum atomic E-state index is 14.1. The van der Waals surface area contributed by atoms with Crippen molar-refractivity contribution in [3.05, 3.63) is 18.0 Å². The predicted octanol–water partition coefficient (Wildman–Crippen LogP) is 5.93. The van der Waals surface area contributed by atoms with E-state index < -0.39 is 36.4 Å². The topological polar surface area (TPSA) is 62.8 Å². The number of amides is 1. The van der Waals surface area contributed by atoms with Gasteiger partial charge in [0.2, 0.25) is 11.5 Å². The maximum Gasteiger partial charge on any atom is 0.394 e. The average Bonchev–Trinajstić information content (AvgIpc) is 3.15. The monoisotopic (exact) mass is 546 g/mol. The van der Waals surface area contributed by atoms with E-state index >= 15 is 0 Å². The number of hydrogen-bond donors (Lipinski definition) is 2. The van der Waals surface area contributed by atoms with Crippen LogP contribution in [0.15, 0.2) is 12.4 Å². The van der Waals surface area contributed by atoms with Gasteiger partial charge in [-0.15, -0.1) is 0 Å². The molecule has 1 aromatic rings. The summed E-state index contributed by atoms with van der Waals surface area (Å²) in [6.45, 7) is 4.46. The zero-order valence-electron chi connectivity index (χ0n) is 22.7. The lowest BCUT2D eigenvalue weighted by molar-refractivity contribution is -0.203. The van der Waals surface area contributed by atoms with Crippen LogP contribution in [-0.4, -0.2) is 39.6 Å². The van der Waals surface area contributed by atoms with Gasteiger partial charge in [-0.3, -0.25) is 10.2 Å². The molecule has 38 heavy (non-hydrogen) atoms. The molecule has 3 saturated carbocycles. The van der Waals surface area contributed by atoms with Gasteiger partial charge in [0.25, 0.3) is 0 Å². The zero-order chi connectivity index (χ0) is 27.8. The van der Waals surface area contributed by atoms with Crippen LogP contribution in [0.25, 0.3) is 0 Å². The Labute approximate surface area is 222 Å². The van der Waals surface area contributed by atoms with Crippen LogP contribution in [0.1, 0.15) is 71.6 Å². The summed E-state index contributed by atoms with van der Waals surface area (Å²) >= 11 is 0. The van der Waals surface area contributed by atoms with E-state index in [0.29, 0.717) is 50.2 Å². The molecule has 1 amide bonds. The third-order valence-corrected chi connectivity index (χ3v) is 9.82. The second kappa shape index (κ2) is 11.7. The number of carbonyl (C=O) groups is 1. The highest BCUT2D eigenvalue weighted by atomic mass is 19.4. The van der Waals surface area contributed by atoms with Crippen LogP contribution in [0, 0.1) is 46.8 Å². The lowest BCUT2D eigenvalue weighted by atomic mass is 9.63. The standard InChI is InChI=1S/C28H43F5N4O/c1-16-10-22(29)5-6-23(16)20-11-18(15-37-9-8-36(3)27(37)34)12-21(13-20)26(38)35-17(2)19-4-7-25(30)24(14-19)28(31,32)33/h8-9,16-25,34H,4-7,10-15H2,1-3H3,(H,35,38)/t16?,17-,18?,19?,20?,21?,22?,23?,24?,25?/m1/s1. The minimum absolute atomic E-state index is 0.137. The van der Waals surface area contributed by atoms with Crippen molar-refractivity contribution in [3.63, 3.8) is 0 Å². The number of aryl methyl sites for hydroxylation is 1. The van der Waals surface area contributed by atoms with Gasteiger partial charge in [0.05, 0.1) is 5.92 Å². The van der Waals surface area contributed by atoms with Crippen molar-refractivity contribution in [3.8, 4) is 0 Å². The normalized spacial score (nSPS) is 37.5. The number of imidazole rings is 1. The second-order valence-corrected chi connectivity index (χ2v) is 12.5. The predicted molar refractivity (Wildman–Crippen MR) is 134 cm³/mol. The van der Waals surface area contributed by atoms with E-state index in [-0.39, 0.29) is 42.4 Å². The lowest BCUT2D eigenvalue weighted by Crippen LogP contribution is -2.48. The number of nitrogens with one attached hydrogen (secondary N) is 2.